The highest BCUT2D eigenvalue weighted by molar-refractivity contribution is 6.08. The van der Waals surface area contributed by atoms with Crippen LogP contribution in [-0.4, -0.2) is 17.4 Å². The van der Waals surface area contributed by atoms with Crippen LogP contribution in [0.25, 0.3) is 0 Å². The molecular weight excluding hydrogens is 240 g/mol. The molecule has 1 heterocycles. The number of aromatic nitrogens is 1. The van der Waals surface area contributed by atoms with E-state index in [9.17, 15) is 13.6 Å². The van der Waals surface area contributed by atoms with Crippen molar-refractivity contribution in [2.75, 3.05) is 0 Å². The zero-order chi connectivity index (χ0) is 13.0. The van der Waals surface area contributed by atoms with Crippen LogP contribution >= 0.6 is 0 Å². The van der Waals surface area contributed by atoms with Gasteiger partial charge < -0.3 is 4.74 Å². The highest BCUT2D eigenvalue weighted by Gasteiger charge is 2.11. The summed E-state index contributed by atoms with van der Waals surface area (Å²) in [6.07, 6.45) is 2.97. The lowest BCUT2D eigenvalue weighted by Gasteiger charge is -2.06. The van der Waals surface area contributed by atoms with Crippen LogP contribution < -0.4 is 4.74 Å². The number of pyridine rings is 1. The first-order valence-corrected chi connectivity index (χ1v) is 5.16. The van der Waals surface area contributed by atoms with Crippen molar-refractivity contribution < 1.29 is 18.3 Å². The first-order valence-electron chi connectivity index (χ1n) is 5.16. The van der Waals surface area contributed by atoms with Crippen molar-refractivity contribution in [2.45, 2.75) is 6.61 Å². The lowest BCUT2D eigenvalue weighted by atomic mass is 10.1. The Labute approximate surface area is 102 Å². The van der Waals surface area contributed by atoms with Crippen molar-refractivity contribution in [3.05, 3.63) is 59.9 Å². The molecule has 18 heavy (non-hydrogen) atoms. The Hall–Kier alpha value is -2.30. The van der Waals surface area contributed by atoms with Crippen LogP contribution in [0.4, 0.5) is 8.78 Å². The molecule has 2 rings (SSSR count). The van der Waals surface area contributed by atoms with Gasteiger partial charge in [0.15, 0.2) is 5.78 Å². The lowest BCUT2D eigenvalue weighted by Crippen LogP contribution is -2.05. The molecule has 0 N–H and O–H groups in total. The van der Waals surface area contributed by atoms with Gasteiger partial charge in [0, 0.05) is 23.5 Å². The fraction of sp³-hybridized carbons (Fsp3) is 0.0769. The van der Waals surface area contributed by atoms with Gasteiger partial charge >= 0.3 is 6.61 Å². The zero-order valence-electron chi connectivity index (χ0n) is 9.22. The number of rotatable bonds is 4. The number of benzene rings is 1. The van der Waals surface area contributed by atoms with Crippen molar-refractivity contribution >= 4 is 5.78 Å². The summed E-state index contributed by atoms with van der Waals surface area (Å²) in [5, 5.41) is 0. The van der Waals surface area contributed by atoms with Crippen LogP contribution in [0.2, 0.25) is 0 Å². The van der Waals surface area contributed by atoms with Crippen LogP contribution in [0.1, 0.15) is 15.9 Å². The van der Waals surface area contributed by atoms with Crippen molar-refractivity contribution in [3.63, 3.8) is 0 Å². The number of carbonyl (C=O) groups is 1. The van der Waals surface area contributed by atoms with E-state index in [-0.39, 0.29) is 17.1 Å². The number of halogens is 2. The highest BCUT2D eigenvalue weighted by Crippen LogP contribution is 2.18. The molecule has 3 nitrogen and oxygen atoms in total. The van der Waals surface area contributed by atoms with Crippen molar-refractivity contribution in [3.8, 4) is 5.75 Å². The average Bonchev–Trinajstić information content (AvgIpc) is 2.38. The van der Waals surface area contributed by atoms with Crippen molar-refractivity contribution in [2.24, 2.45) is 0 Å². The number of nitrogens with zero attached hydrogens (tertiary/aromatic N) is 1. The van der Waals surface area contributed by atoms with Gasteiger partial charge in [0.25, 0.3) is 0 Å². The molecule has 1 aromatic carbocycles. The second-order valence-electron chi connectivity index (χ2n) is 3.48. The van der Waals surface area contributed by atoms with E-state index in [0.29, 0.717) is 5.56 Å². The minimum absolute atomic E-state index is 0.0419. The number of alkyl halides is 2. The first kappa shape index (κ1) is 12.2. The molecule has 0 aliphatic heterocycles. The quantitative estimate of drug-likeness (QED) is 0.782. The molecule has 1 aromatic heterocycles. The molecule has 0 saturated carbocycles. The third kappa shape index (κ3) is 2.88. The third-order valence-corrected chi connectivity index (χ3v) is 2.25. The summed E-state index contributed by atoms with van der Waals surface area (Å²) >= 11 is 0. The standard InChI is InChI=1S/C13H9F2NO2/c14-13(15)18-11-5-1-3-9(7-11)12(17)10-4-2-6-16-8-10/h1-8,13H. The third-order valence-electron chi connectivity index (χ3n) is 2.25. The van der Waals surface area contributed by atoms with Gasteiger partial charge in [-0.25, -0.2) is 0 Å². The monoisotopic (exact) mass is 249 g/mol. The SMILES string of the molecule is O=C(c1cccnc1)c1cccc(OC(F)F)c1. The Morgan fingerprint density at radius 3 is 2.61 bits per heavy atom. The summed E-state index contributed by atoms with van der Waals surface area (Å²) in [4.78, 5) is 15.8. The lowest BCUT2D eigenvalue weighted by molar-refractivity contribution is -0.0498. The van der Waals surface area contributed by atoms with E-state index in [0.717, 1.165) is 0 Å². The summed E-state index contributed by atoms with van der Waals surface area (Å²) in [6.45, 7) is -2.91. The molecule has 0 spiro atoms. The fourth-order valence-corrected chi connectivity index (χ4v) is 1.48. The highest BCUT2D eigenvalue weighted by atomic mass is 19.3. The molecule has 0 radical (unpaired) electrons. The summed E-state index contributed by atoms with van der Waals surface area (Å²) in [6, 6.07) is 8.91. The molecule has 0 aliphatic carbocycles. The summed E-state index contributed by atoms with van der Waals surface area (Å²) in [5.41, 5.74) is 0.674. The molecule has 0 amide bonds. The van der Waals surface area contributed by atoms with Gasteiger partial charge in [-0.2, -0.15) is 8.78 Å². The van der Waals surface area contributed by atoms with Gasteiger partial charge in [-0.3, -0.25) is 9.78 Å². The van der Waals surface area contributed by atoms with Crippen molar-refractivity contribution in [1.82, 2.24) is 4.98 Å². The molecule has 0 unspecified atom stereocenters. The maximum Gasteiger partial charge on any atom is 0.387 e. The number of hydrogen-bond donors (Lipinski definition) is 0. The van der Waals surface area contributed by atoms with E-state index < -0.39 is 6.61 Å². The smallest absolute Gasteiger partial charge is 0.387 e. The molecule has 0 bridgehead atoms. The summed E-state index contributed by atoms with van der Waals surface area (Å²) in [5.74, 6) is -0.331. The van der Waals surface area contributed by atoms with Gasteiger partial charge in [-0.15, -0.1) is 0 Å². The second-order valence-corrected chi connectivity index (χ2v) is 3.48. The average molecular weight is 249 g/mol. The Bertz CT molecular complexity index is 544. The zero-order valence-corrected chi connectivity index (χ0v) is 9.22. The van der Waals surface area contributed by atoms with Gasteiger partial charge in [0.1, 0.15) is 5.75 Å². The molecule has 0 saturated heterocycles. The Morgan fingerprint density at radius 1 is 1.17 bits per heavy atom. The van der Waals surface area contributed by atoms with Crippen LogP contribution in [0.3, 0.4) is 0 Å². The molecule has 0 atom stereocenters. The normalized spacial score (nSPS) is 10.4. The van der Waals surface area contributed by atoms with Gasteiger partial charge in [-0.1, -0.05) is 12.1 Å². The van der Waals surface area contributed by atoms with E-state index in [1.165, 1.54) is 30.5 Å². The van der Waals surface area contributed by atoms with E-state index in [4.69, 9.17) is 0 Å². The Balaban J connectivity index is 2.26. The van der Waals surface area contributed by atoms with Gasteiger partial charge in [-0.05, 0) is 24.3 Å². The van der Waals surface area contributed by atoms with E-state index in [1.54, 1.807) is 18.3 Å². The predicted molar refractivity (Wildman–Crippen MR) is 60.7 cm³/mol. The van der Waals surface area contributed by atoms with Gasteiger partial charge in [0.05, 0.1) is 0 Å². The van der Waals surface area contributed by atoms with E-state index >= 15 is 0 Å². The van der Waals surface area contributed by atoms with Gasteiger partial charge in [0.2, 0.25) is 0 Å². The molecule has 92 valence electrons. The minimum atomic E-state index is -2.91. The van der Waals surface area contributed by atoms with E-state index in [2.05, 4.69) is 9.72 Å². The fourth-order valence-electron chi connectivity index (χ4n) is 1.48. The number of ketones is 1. The maximum atomic E-state index is 12.1. The molecule has 5 heteroatoms. The van der Waals surface area contributed by atoms with Crippen LogP contribution in [0.15, 0.2) is 48.8 Å². The van der Waals surface area contributed by atoms with Crippen LogP contribution in [0, 0.1) is 0 Å². The Kier molecular flexibility index (Phi) is 3.62. The molecule has 0 aliphatic rings. The molecular formula is C13H9F2NO2. The maximum absolute atomic E-state index is 12.1. The van der Waals surface area contributed by atoms with Crippen molar-refractivity contribution in [1.29, 1.82) is 0 Å². The summed E-state index contributed by atoms with van der Waals surface area (Å²) < 4.78 is 28.4. The number of ether oxygens (including phenoxy) is 1. The number of hydrogen-bond acceptors (Lipinski definition) is 3. The second kappa shape index (κ2) is 5.35. The molecule has 0 fully saturated rings. The number of carbonyl (C=O) groups excluding carboxylic acids is 1. The van der Waals surface area contributed by atoms with E-state index in [1.807, 2.05) is 0 Å². The topological polar surface area (TPSA) is 39.2 Å². The summed E-state index contributed by atoms with van der Waals surface area (Å²) in [7, 11) is 0. The predicted octanol–water partition coefficient (Wildman–Crippen LogP) is 2.91. The Morgan fingerprint density at radius 2 is 1.94 bits per heavy atom. The van der Waals surface area contributed by atoms with Crippen LogP contribution in [-0.2, 0) is 0 Å². The molecule has 2 aromatic rings. The first-order chi connectivity index (χ1) is 8.66. The van der Waals surface area contributed by atoms with Crippen LogP contribution in [0.5, 0.6) is 5.75 Å². The minimum Gasteiger partial charge on any atom is -0.435 e. The largest absolute Gasteiger partial charge is 0.435 e.